The largest absolute Gasteiger partial charge is 0.208 e. The van der Waals surface area contributed by atoms with E-state index < -0.39 is 0 Å². The molecule has 0 fully saturated rings. The molecule has 3 heterocycles. The summed E-state index contributed by atoms with van der Waals surface area (Å²) in [4.78, 5) is 45.6. The van der Waals surface area contributed by atoms with Gasteiger partial charge in [0, 0.05) is 69.3 Å². The van der Waals surface area contributed by atoms with Gasteiger partial charge in [-0.3, -0.25) is 0 Å². The fraction of sp³-hybridized carbons (Fsp3) is 0.0227. The quantitative estimate of drug-likeness (QED) is 0.0879. The van der Waals surface area contributed by atoms with Crippen LogP contribution in [0.5, 0.6) is 0 Å². The molecule has 0 saturated carbocycles. The van der Waals surface area contributed by atoms with Gasteiger partial charge in [-0.15, -0.1) is 0 Å². The number of aromatic nitrogens is 9. The molecule has 0 saturated heterocycles. The maximum absolute atomic E-state index is 5.18. The molecular formula is C132H89N9. The molecule has 23 aromatic rings. The van der Waals surface area contributed by atoms with Gasteiger partial charge in [-0.25, -0.2) is 44.9 Å². The van der Waals surface area contributed by atoms with Crippen LogP contribution in [0.25, 0.3) is 225 Å². The van der Waals surface area contributed by atoms with E-state index in [0.717, 1.165) is 86.0 Å². The Morgan fingerprint density at radius 1 is 0.0922 bits per heavy atom. The van der Waals surface area contributed by atoms with Crippen LogP contribution in [0.1, 0.15) is 33.4 Å². The zero-order valence-electron chi connectivity index (χ0n) is 77.1. The van der Waals surface area contributed by atoms with E-state index in [9.17, 15) is 0 Å². The second-order valence-corrected chi connectivity index (χ2v) is 35.6. The Balaban J connectivity index is 0.000000115. The van der Waals surface area contributed by atoms with Crippen molar-refractivity contribution in [2.24, 2.45) is 0 Å². The molecule has 3 aromatic heterocycles. The highest BCUT2D eigenvalue weighted by Crippen LogP contribution is 2.50. The molecule has 20 aromatic carbocycles. The molecule has 9 heteroatoms. The van der Waals surface area contributed by atoms with Crippen LogP contribution in [0.2, 0.25) is 0 Å². The first-order valence-corrected chi connectivity index (χ1v) is 47.9. The number of benzene rings is 20. The molecule has 662 valence electrons. The molecule has 0 bridgehead atoms. The standard InChI is InChI=1S/2C46H31N3.C40H27N3/c1-4-14-31(15-5-1)34-20-10-22-36(28-34)38-24-12-25-39-40-26-13-27-41(43(40)30-42(38)39)46-48-44(33-18-8-3-9-19-33)47-45(49-46)37-23-11-21-35(29-37)32-16-6-2-7-17-32;1-4-13-31(14-5-1)33-25-27-35(28-26-33)45-47-44(34-17-8-3-9-18-34)48-46(49-45)41-24-12-23-40-39-22-11-21-38(42(39)30-43(40)41)37-20-10-19-36(29-37)32-15-6-2-7-16-32;1-4-13-27(14-5-1)30-19-10-20-31(25-30)32-21-11-22-33-34-23-12-24-35(37(34)26-36(32)33)40-42-38(28-15-6-2-7-16-28)41-39(43-40)29-17-8-3-9-18-29/h2*1-29H,30H2;1-25H,26H2. The predicted octanol–water partition coefficient (Wildman–Crippen LogP) is 32.7. The summed E-state index contributed by atoms with van der Waals surface area (Å²) < 4.78 is 0. The van der Waals surface area contributed by atoms with Crippen molar-refractivity contribution in [1.82, 2.24) is 44.9 Å². The molecule has 0 N–H and O–H groups in total. The third-order valence-electron chi connectivity index (χ3n) is 27.1. The van der Waals surface area contributed by atoms with E-state index in [1.807, 2.05) is 84.9 Å². The van der Waals surface area contributed by atoms with Crippen LogP contribution in [-0.2, 0) is 19.3 Å². The number of rotatable bonds is 17. The van der Waals surface area contributed by atoms with E-state index >= 15 is 0 Å². The fourth-order valence-corrected chi connectivity index (χ4v) is 20.2. The molecule has 26 rings (SSSR count). The molecule has 0 atom stereocenters. The SMILES string of the molecule is c1ccc(-c2ccc(-c3nc(-c4ccccc4)nc(-c4cccc5c4Cc4c(-c6cccc(-c7ccccc7)c6)cccc4-5)n3)cc2)cc1.c1ccc(-c2cccc(-c3cccc4c3Cc3c(-c5nc(-c6ccccc6)nc(-c6ccccc6)n5)cccc3-4)c2)cc1.c1ccc(-c2cccc(-c3nc(-c4ccccc4)nc(-c4cccc5c4Cc4c(-c6cccc(-c7ccccc7)c6)cccc4-5)n3)c2)cc1. The van der Waals surface area contributed by atoms with Gasteiger partial charge >= 0.3 is 0 Å². The highest BCUT2D eigenvalue weighted by Gasteiger charge is 2.31. The van der Waals surface area contributed by atoms with E-state index in [2.05, 4.69) is 419 Å². The van der Waals surface area contributed by atoms with Crippen LogP contribution in [0.3, 0.4) is 0 Å². The second kappa shape index (κ2) is 38.3. The van der Waals surface area contributed by atoms with Gasteiger partial charge in [0.05, 0.1) is 0 Å². The summed E-state index contributed by atoms with van der Waals surface area (Å²) in [6.07, 6.45) is 2.43. The Morgan fingerprint density at radius 3 is 0.482 bits per heavy atom. The number of nitrogens with zero attached hydrogens (tertiary/aromatic N) is 9. The molecular weight excluding hydrogens is 1710 g/mol. The normalized spacial score (nSPS) is 11.6. The highest BCUT2D eigenvalue weighted by molar-refractivity contribution is 5.94. The van der Waals surface area contributed by atoms with Crippen LogP contribution < -0.4 is 0 Å². The topological polar surface area (TPSA) is 116 Å². The van der Waals surface area contributed by atoms with Gasteiger partial charge in [-0.05, 0) is 180 Å². The Bertz CT molecular complexity index is 8510. The predicted molar refractivity (Wildman–Crippen MR) is 577 cm³/mol. The summed E-state index contributed by atoms with van der Waals surface area (Å²) in [5.41, 5.74) is 43.6. The summed E-state index contributed by atoms with van der Waals surface area (Å²) in [7, 11) is 0. The average molecular weight is 1800 g/mol. The van der Waals surface area contributed by atoms with Crippen LogP contribution in [-0.4, -0.2) is 44.9 Å². The Kier molecular flexibility index (Phi) is 23.2. The molecule has 3 aliphatic carbocycles. The van der Waals surface area contributed by atoms with Gasteiger partial charge in [-0.2, -0.15) is 0 Å². The molecule has 0 unspecified atom stereocenters. The highest BCUT2D eigenvalue weighted by atomic mass is 15.1. The maximum Gasteiger partial charge on any atom is 0.164 e. The van der Waals surface area contributed by atoms with Crippen molar-refractivity contribution < 1.29 is 0 Å². The first kappa shape index (κ1) is 85.4. The minimum absolute atomic E-state index is 0.660. The van der Waals surface area contributed by atoms with Crippen molar-refractivity contribution in [3.63, 3.8) is 0 Å². The van der Waals surface area contributed by atoms with Crippen LogP contribution in [0, 0.1) is 0 Å². The maximum atomic E-state index is 5.18. The zero-order chi connectivity index (χ0) is 93.7. The van der Waals surface area contributed by atoms with Crippen molar-refractivity contribution in [2.45, 2.75) is 19.3 Å². The summed E-state index contributed by atoms with van der Waals surface area (Å²) >= 11 is 0. The lowest BCUT2D eigenvalue weighted by atomic mass is 9.93. The van der Waals surface area contributed by atoms with Gasteiger partial charge < -0.3 is 0 Å². The third kappa shape index (κ3) is 17.4. The summed E-state index contributed by atoms with van der Waals surface area (Å²) in [6.45, 7) is 0. The van der Waals surface area contributed by atoms with E-state index in [1.54, 1.807) is 0 Å². The Labute approximate surface area is 820 Å². The lowest BCUT2D eigenvalue weighted by Gasteiger charge is -2.12. The Morgan fingerprint density at radius 2 is 0.234 bits per heavy atom. The van der Waals surface area contributed by atoms with Crippen molar-refractivity contribution in [2.75, 3.05) is 0 Å². The molecule has 0 radical (unpaired) electrons. The van der Waals surface area contributed by atoms with E-state index in [1.165, 1.54) is 139 Å². The van der Waals surface area contributed by atoms with Crippen LogP contribution in [0.15, 0.2) is 504 Å². The van der Waals surface area contributed by atoms with E-state index in [4.69, 9.17) is 44.9 Å². The smallest absolute Gasteiger partial charge is 0.164 e. The first-order chi connectivity index (χ1) is 69.9. The van der Waals surface area contributed by atoms with Crippen molar-refractivity contribution in [3.8, 4) is 225 Å². The molecule has 0 aliphatic heterocycles. The van der Waals surface area contributed by atoms with E-state index in [-0.39, 0.29) is 0 Å². The average Bonchev–Trinajstić information content (AvgIpc) is 1.61. The van der Waals surface area contributed by atoms with Crippen molar-refractivity contribution in [1.29, 1.82) is 0 Å². The molecule has 9 nitrogen and oxygen atoms in total. The molecule has 0 amide bonds. The number of hydrogen-bond acceptors (Lipinski definition) is 9. The number of fused-ring (bicyclic) bond motifs is 9. The lowest BCUT2D eigenvalue weighted by molar-refractivity contribution is 1.07. The van der Waals surface area contributed by atoms with Gasteiger partial charge in [-0.1, -0.05) is 479 Å². The van der Waals surface area contributed by atoms with Gasteiger partial charge in [0.25, 0.3) is 0 Å². The number of hydrogen-bond donors (Lipinski definition) is 0. The molecule has 141 heavy (non-hydrogen) atoms. The minimum atomic E-state index is 0.660. The van der Waals surface area contributed by atoms with Gasteiger partial charge in [0.1, 0.15) is 0 Å². The van der Waals surface area contributed by atoms with Gasteiger partial charge in [0.2, 0.25) is 0 Å². The molecule has 0 spiro atoms. The minimum Gasteiger partial charge on any atom is -0.208 e. The third-order valence-corrected chi connectivity index (χ3v) is 27.1. The Hall–Kier alpha value is -18.6. The first-order valence-electron chi connectivity index (χ1n) is 47.9. The summed E-state index contributed by atoms with van der Waals surface area (Å²) in [5.74, 6) is 6.08. The fourth-order valence-electron chi connectivity index (χ4n) is 20.2. The summed E-state index contributed by atoms with van der Waals surface area (Å²) in [6, 6.07) is 176. The van der Waals surface area contributed by atoms with Crippen LogP contribution in [0.4, 0.5) is 0 Å². The van der Waals surface area contributed by atoms with E-state index in [0.29, 0.717) is 52.4 Å². The summed E-state index contributed by atoms with van der Waals surface area (Å²) in [5, 5.41) is 0. The molecule has 3 aliphatic rings. The van der Waals surface area contributed by atoms with Gasteiger partial charge in [0.15, 0.2) is 52.4 Å². The monoisotopic (exact) mass is 1800 g/mol. The van der Waals surface area contributed by atoms with Crippen molar-refractivity contribution >= 4 is 0 Å². The lowest BCUT2D eigenvalue weighted by Crippen LogP contribution is -2.02. The van der Waals surface area contributed by atoms with Crippen LogP contribution >= 0.6 is 0 Å². The van der Waals surface area contributed by atoms with Crippen molar-refractivity contribution in [3.05, 3.63) is 537 Å². The zero-order valence-corrected chi connectivity index (χ0v) is 77.1. The second-order valence-electron chi connectivity index (χ2n) is 35.6.